The first kappa shape index (κ1) is 15.0. The Morgan fingerprint density at radius 3 is 3.00 bits per heavy atom. The van der Waals surface area contributed by atoms with E-state index < -0.39 is 0 Å². The number of halogens is 1. The summed E-state index contributed by atoms with van der Waals surface area (Å²) in [5.74, 6) is 1.02. The molecule has 0 N–H and O–H groups in total. The molecule has 1 saturated heterocycles. The van der Waals surface area contributed by atoms with Crippen LogP contribution in [0.15, 0.2) is 36.4 Å². The normalized spacial score (nSPS) is 17.5. The van der Waals surface area contributed by atoms with Gasteiger partial charge in [0.15, 0.2) is 11.5 Å². The zero-order valence-electron chi connectivity index (χ0n) is 13.4. The average molecular weight is 327 g/mol. The first-order valence-electron chi connectivity index (χ1n) is 8.02. The Kier molecular flexibility index (Phi) is 3.86. The summed E-state index contributed by atoms with van der Waals surface area (Å²) in [6, 6.07) is 10.1. The lowest BCUT2D eigenvalue weighted by molar-refractivity contribution is 0.116. The summed E-state index contributed by atoms with van der Waals surface area (Å²) in [5, 5.41) is 12.9. The van der Waals surface area contributed by atoms with Gasteiger partial charge in [-0.2, -0.15) is 4.52 Å². The van der Waals surface area contributed by atoms with Crippen molar-refractivity contribution in [2.45, 2.75) is 18.9 Å². The van der Waals surface area contributed by atoms with Gasteiger partial charge in [0.2, 0.25) is 0 Å². The number of hydrogen-bond acceptors (Lipinski definition) is 5. The van der Waals surface area contributed by atoms with E-state index in [4.69, 9.17) is 4.74 Å². The van der Waals surface area contributed by atoms with E-state index in [1.807, 2.05) is 19.2 Å². The van der Waals surface area contributed by atoms with Crippen LogP contribution in [0.4, 0.5) is 10.2 Å². The quantitative estimate of drug-likeness (QED) is 0.737. The molecular formula is C17H18FN5O. The molecule has 0 aliphatic carbocycles. The second-order valence-corrected chi connectivity index (χ2v) is 6.01. The monoisotopic (exact) mass is 327 g/mol. The fourth-order valence-electron chi connectivity index (χ4n) is 2.98. The zero-order valence-corrected chi connectivity index (χ0v) is 13.4. The third kappa shape index (κ3) is 2.82. The highest BCUT2D eigenvalue weighted by Crippen LogP contribution is 2.21. The van der Waals surface area contributed by atoms with Crippen LogP contribution in [0.5, 0.6) is 0 Å². The van der Waals surface area contributed by atoms with Crippen molar-refractivity contribution < 1.29 is 9.13 Å². The molecule has 124 valence electrons. The number of nitrogens with zero attached hydrogens (tertiary/aromatic N) is 5. The van der Waals surface area contributed by atoms with Crippen molar-refractivity contribution in [2.75, 3.05) is 25.1 Å². The number of rotatable bonds is 4. The molecular weight excluding hydrogens is 309 g/mol. The van der Waals surface area contributed by atoms with Crippen LogP contribution in [0.2, 0.25) is 0 Å². The van der Waals surface area contributed by atoms with E-state index in [0.717, 1.165) is 31.8 Å². The maximum Gasteiger partial charge on any atom is 0.185 e. The topological polar surface area (TPSA) is 55.5 Å². The van der Waals surface area contributed by atoms with Gasteiger partial charge in [-0.3, -0.25) is 0 Å². The molecule has 0 amide bonds. The second kappa shape index (κ2) is 6.16. The first-order chi connectivity index (χ1) is 11.7. The minimum absolute atomic E-state index is 0.246. The number of likely N-dealkylation sites (N-methyl/N-ethyl adjacent to an activating group) is 1. The molecule has 2 aromatic heterocycles. The largest absolute Gasteiger partial charge is 0.376 e. The molecule has 0 spiro atoms. The summed E-state index contributed by atoms with van der Waals surface area (Å²) in [6.45, 7) is 1.62. The summed E-state index contributed by atoms with van der Waals surface area (Å²) in [7, 11) is 1.99. The van der Waals surface area contributed by atoms with E-state index in [-0.39, 0.29) is 11.9 Å². The highest BCUT2D eigenvalue weighted by Gasteiger charge is 2.19. The first-order valence-corrected chi connectivity index (χ1v) is 8.02. The highest BCUT2D eigenvalue weighted by atomic mass is 19.1. The summed E-state index contributed by atoms with van der Waals surface area (Å²) < 4.78 is 20.8. The van der Waals surface area contributed by atoms with Gasteiger partial charge in [-0.1, -0.05) is 12.1 Å². The molecule has 1 aromatic carbocycles. The van der Waals surface area contributed by atoms with Crippen LogP contribution < -0.4 is 4.90 Å². The van der Waals surface area contributed by atoms with Crippen LogP contribution in [0.3, 0.4) is 0 Å². The van der Waals surface area contributed by atoms with E-state index in [1.54, 1.807) is 16.6 Å². The lowest BCUT2D eigenvalue weighted by atomic mass is 10.2. The number of ether oxygens (including phenoxy) is 1. The Labute approximate surface area is 138 Å². The molecule has 1 fully saturated rings. The standard InChI is InChI=1S/C17H18FN5O/c1-22(11-14-6-3-9-24-14)16-8-7-15-19-20-17(23(15)21-16)12-4-2-5-13(18)10-12/h2,4-5,7-8,10,14H,3,6,9,11H2,1H3. The van der Waals surface area contributed by atoms with E-state index >= 15 is 0 Å². The third-order valence-corrected chi connectivity index (χ3v) is 4.22. The van der Waals surface area contributed by atoms with Gasteiger partial charge in [0, 0.05) is 25.8 Å². The fraction of sp³-hybridized carbons (Fsp3) is 0.353. The lowest BCUT2D eigenvalue weighted by Crippen LogP contribution is -2.29. The SMILES string of the molecule is CN(CC1CCCO1)c1ccc2nnc(-c3cccc(F)c3)n2n1. The maximum atomic E-state index is 13.5. The molecule has 6 nitrogen and oxygen atoms in total. The average Bonchev–Trinajstić information content (AvgIpc) is 3.23. The van der Waals surface area contributed by atoms with E-state index in [2.05, 4.69) is 20.2 Å². The van der Waals surface area contributed by atoms with Crippen LogP contribution in [0.25, 0.3) is 17.0 Å². The van der Waals surface area contributed by atoms with Crippen molar-refractivity contribution >= 4 is 11.5 Å². The predicted molar refractivity (Wildman–Crippen MR) is 88.4 cm³/mol. The molecule has 0 bridgehead atoms. The van der Waals surface area contributed by atoms with E-state index in [9.17, 15) is 4.39 Å². The van der Waals surface area contributed by atoms with Crippen molar-refractivity contribution in [1.29, 1.82) is 0 Å². The van der Waals surface area contributed by atoms with Crippen molar-refractivity contribution in [1.82, 2.24) is 19.8 Å². The van der Waals surface area contributed by atoms with Crippen LogP contribution in [0, 0.1) is 5.82 Å². The summed E-state index contributed by atoms with van der Waals surface area (Å²) in [6.07, 6.45) is 2.43. The smallest absolute Gasteiger partial charge is 0.185 e. The Balaban J connectivity index is 1.67. The molecule has 0 saturated carbocycles. The summed E-state index contributed by atoms with van der Waals surface area (Å²) in [4.78, 5) is 2.06. The van der Waals surface area contributed by atoms with Crippen LogP contribution in [0.1, 0.15) is 12.8 Å². The Morgan fingerprint density at radius 1 is 1.29 bits per heavy atom. The van der Waals surface area contributed by atoms with Gasteiger partial charge in [-0.15, -0.1) is 15.3 Å². The number of hydrogen-bond donors (Lipinski definition) is 0. The Bertz CT molecular complexity index is 859. The highest BCUT2D eigenvalue weighted by molar-refractivity contribution is 5.59. The number of aromatic nitrogens is 4. The van der Waals surface area contributed by atoms with Gasteiger partial charge in [-0.05, 0) is 37.1 Å². The zero-order chi connectivity index (χ0) is 16.5. The van der Waals surface area contributed by atoms with Crippen LogP contribution in [-0.4, -0.2) is 46.1 Å². The van der Waals surface area contributed by atoms with Crippen molar-refractivity contribution in [2.24, 2.45) is 0 Å². The van der Waals surface area contributed by atoms with Crippen molar-refractivity contribution in [3.05, 3.63) is 42.2 Å². The van der Waals surface area contributed by atoms with E-state index in [1.165, 1.54) is 12.1 Å². The molecule has 1 unspecified atom stereocenters. The maximum absolute atomic E-state index is 13.5. The molecule has 3 heterocycles. The molecule has 1 aliphatic rings. The fourth-order valence-corrected chi connectivity index (χ4v) is 2.98. The second-order valence-electron chi connectivity index (χ2n) is 6.01. The van der Waals surface area contributed by atoms with Gasteiger partial charge >= 0.3 is 0 Å². The van der Waals surface area contributed by atoms with E-state index in [0.29, 0.717) is 17.0 Å². The molecule has 0 radical (unpaired) electrons. The van der Waals surface area contributed by atoms with Crippen LogP contribution in [-0.2, 0) is 4.74 Å². The third-order valence-electron chi connectivity index (χ3n) is 4.22. The summed E-state index contributed by atoms with van der Waals surface area (Å²) in [5.41, 5.74) is 1.28. The molecule has 7 heteroatoms. The van der Waals surface area contributed by atoms with Crippen molar-refractivity contribution in [3.8, 4) is 11.4 Å². The molecule has 3 aromatic rings. The van der Waals surface area contributed by atoms with Crippen molar-refractivity contribution in [3.63, 3.8) is 0 Å². The number of fused-ring (bicyclic) bond motifs is 1. The minimum atomic E-state index is -0.309. The predicted octanol–water partition coefficient (Wildman–Crippen LogP) is 2.55. The van der Waals surface area contributed by atoms with Gasteiger partial charge in [-0.25, -0.2) is 4.39 Å². The van der Waals surface area contributed by atoms with Gasteiger partial charge < -0.3 is 9.64 Å². The molecule has 1 aliphatic heterocycles. The summed E-state index contributed by atoms with van der Waals surface area (Å²) >= 11 is 0. The molecule has 24 heavy (non-hydrogen) atoms. The number of anilines is 1. The Morgan fingerprint density at radius 2 is 2.21 bits per heavy atom. The van der Waals surface area contributed by atoms with Gasteiger partial charge in [0.1, 0.15) is 11.6 Å². The minimum Gasteiger partial charge on any atom is -0.376 e. The Hall–Kier alpha value is -2.54. The van der Waals surface area contributed by atoms with Crippen LogP contribution >= 0.6 is 0 Å². The molecule has 4 rings (SSSR count). The lowest BCUT2D eigenvalue weighted by Gasteiger charge is -2.21. The molecule has 1 atom stereocenters. The number of benzene rings is 1. The van der Waals surface area contributed by atoms with Gasteiger partial charge in [0.05, 0.1) is 6.10 Å². The van der Waals surface area contributed by atoms with Gasteiger partial charge in [0.25, 0.3) is 0 Å².